The Hall–Kier alpha value is -1.75. The minimum atomic E-state index is -0.862. The molecule has 1 aromatic rings. The summed E-state index contributed by atoms with van der Waals surface area (Å²) in [5, 5.41) is 12.0. The number of aliphatic carboxylic acids is 1. The Kier molecular flexibility index (Phi) is 7.02. The van der Waals surface area contributed by atoms with E-state index in [1.54, 1.807) is 31.2 Å². The van der Waals surface area contributed by atoms with Crippen molar-refractivity contribution in [3.63, 3.8) is 0 Å². The summed E-state index contributed by atoms with van der Waals surface area (Å²) in [6.45, 7) is 3.85. The molecule has 0 fully saturated rings. The average Bonchev–Trinajstić information content (AvgIpc) is 2.42. The van der Waals surface area contributed by atoms with Gasteiger partial charge in [-0.25, -0.2) is 0 Å². The zero-order valence-electron chi connectivity index (χ0n) is 12.1. The Morgan fingerprint density at radius 3 is 2.71 bits per heavy atom. The number of halogens is 1. The van der Waals surface area contributed by atoms with E-state index in [0.29, 0.717) is 23.7 Å². The number of carbonyl (C=O) groups is 2. The first-order valence-electron chi connectivity index (χ1n) is 6.84. The lowest BCUT2D eigenvalue weighted by Crippen LogP contribution is -2.39. The molecular weight excluding hydrogens is 294 g/mol. The van der Waals surface area contributed by atoms with Crippen LogP contribution in [0.15, 0.2) is 24.3 Å². The fourth-order valence-corrected chi connectivity index (χ4v) is 1.97. The summed E-state index contributed by atoms with van der Waals surface area (Å²) in [6, 6.07) is 6.80. The van der Waals surface area contributed by atoms with Gasteiger partial charge < -0.3 is 15.2 Å². The fraction of sp³-hybridized carbons (Fsp3) is 0.467. The van der Waals surface area contributed by atoms with Gasteiger partial charge in [0.05, 0.1) is 0 Å². The van der Waals surface area contributed by atoms with Gasteiger partial charge in [0.15, 0.2) is 6.10 Å². The van der Waals surface area contributed by atoms with E-state index in [2.05, 4.69) is 5.32 Å². The number of amides is 1. The van der Waals surface area contributed by atoms with Gasteiger partial charge in [0.25, 0.3) is 5.91 Å². The van der Waals surface area contributed by atoms with Crippen LogP contribution < -0.4 is 10.1 Å². The van der Waals surface area contributed by atoms with Crippen molar-refractivity contribution in [1.82, 2.24) is 5.32 Å². The molecule has 2 N–H and O–H groups in total. The summed E-state index contributed by atoms with van der Waals surface area (Å²) >= 11 is 5.84. The maximum absolute atomic E-state index is 11.9. The second kappa shape index (κ2) is 8.52. The number of carboxylic acid groups (broad SMARTS) is 1. The Bertz CT molecular complexity index is 492. The highest BCUT2D eigenvalue weighted by Gasteiger charge is 2.17. The highest BCUT2D eigenvalue weighted by atomic mass is 35.5. The summed E-state index contributed by atoms with van der Waals surface area (Å²) in [4.78, 5) is 22.6. The second-order valence-corrected chi connectivity index (χ2v) is 5.27. The number of benzene rings is 1. The highest BCUT2D eigenvalue weighted by Crippen LogP contribution is 2.18. The van der Waals surface area contributed by atoms with Gasteiger partial charge in [-0.15, -0.1) is 0 Å². The Morgan fingerprint density at radius 2 is 2.14 bits per heavy atom. The molecule has 0 aliphatic carbocycles. The molecule has 2 atom stereocenters. The van der Waals surface area contributed by atoms with Crippen LogP contribution in [-0.4, -0.2) is 29.6 Å². The molecule has 0 bridgehead atoms. The van der Waals surface area contributed by atoms with Crippen LogP contribution in [0.3, 0.4) is 0 Å². The molecule has 0 saturated heterocycles. The molecule has 0 aromatic heterocycles. The molecule has 1 aromatic carbocycles. The van der Waals surface area contributed by atoms with Crippen LogP contribution in [0, 0.1) is 5.92 Å². The Balaban J connectivity index is 2.45. The van der Waals surface area contributed by atoms with Gasteiger partial charge in [-0.05, 0) is 31.0 Å². The topological polar surface area (TPSA) is 75.6 Å². The van der Waals surface area contributed by atoms with Crippen molar-refractivity contribution in [1.29, 1.82) is 0 Å². The van der Waals surface area contributed by atoms with Crippen LogP contribution in [0.1, 0.15) is 26.7 Å². The zero-order valence-corrected chi connectivity index (χ0v) is 12.9. The average molecular weight is 314 g/mol. The molecule has 0 aliphatic heterocycles. The minimum Gasteiger partial charge on any atom is -0.481 e. The van der Waals surface area contributed by atoms with Crippen LogP contribution in [-0.2, 0) is 9.59 Å². The number of carbonyl (C=O) groups excluding carboxylic acids is 1. The summed E-state index contributed by atoms with van der Waals surface area (Å²) in [5.74, 6) is -0.703. The maximum Gasteiger partial charge on any atom is 0.303 e. The number of rotatable bonds is 8. The van der Waals surface area contributed by atoms with Crippen molar-refractivity contribution in [2.45, 2.75) is 32.8 Å². The molecule has 5 nitrogen and oxygen atoms in total. The Morgan fingerprint density at radius 1 is 1.43 bits per heavy atom. The standard InChI is InChI=1S/C15H20ClNO4/c1-3-11(7-14(18)19)9-17-15(20)10(2)21-13-6-4-5-12(16)8-13/h4-6,8,10-11H,3,7,9H2,1-2H3,(H,17,20)(H,18,19). The molecule has 0 radical (unpaired) electrons. The number of carboxylic acids is 1. The molecule has 21 heavy (non-hydrogen) atoms. The molecule has 0 saturated carbocycles. The van der Waals surface area contributed by atoms with E-state index in [0.717, 1.165) is 0 Å². The van der Waals surface area contributed by atoms with Gasteiger partial charge in [0, 0.05) is 18.0 Å². The quantitative estimate of drug-likeness (QED) is 0.773. The van der Waals surface area contributed by atoms with Crippen molar-refractivity contribution in [2.75, 3.05) is 6.54 Å². The van der Waals surface area contributed by atoms with Crippen LogP contribution >= 0.6 is 11.6 Å². The lowest BCUT2D eigenvalue weighted by atomic mass is 10.0. The van der Waals surface area contributed by atoms with Crippen molar-refractivity contribution in [3.05, 3.63) is 29.3 Å². The first-order valence-corrected chi connectivity index (χ1v) is 7.21. The maximum atomic E-state index is 11.9. The molecule has 1 rings (SSSR count). The second-order valence-electron chi connectivity index (χ2n) is 4.83. The normalized spacial score (nSPS) is 13.3. The van der Waals surface area contributed by atoms with Crippen LogP contribution in [0.2, 0.25) is 5.02 Å². The van der Waals surface area contributed by atoms with Crippen molar-refractivity contribution < 1.29 is 19.4 Å². The molecule has 0 heterocycles. The van der Waals surface area contributed by atoms with Crippen molar-refractivity contribution >= 4 is 23.5 Å². The van der Waals surface area contributed by atoms with Gasteiger partial charge >= 0.3 is 5.97 Å². The van der Waals surface area contributed by atoms with Gasteiger partial charge in [0.2, 0.25) is 0 Å². The van der Waals surface area contributed by atoms with E-state index in [1.165, 1.54) is 0 Å². The van der Waals surface area contributed by atoms with Gasteiger partial charge in [0.1, 0.15) is 5.75 Å². The first kappa shape index (κ1) is 17.3. The first-order chi connectivity index (χ1) is 9.92. The summed E-state index contributed by atoms with van der Waals surface area (Å²) in [6.07, 6.45) is 0.0574. The van der Waals surface area contributed by atoms with E-state index < -0.39 is 12.1 Å². The number of ether oxygens (including phenoxy) is 1. The molecule has 0 spiro atoms. The van der Waals surface area contributed by atoms with Gasteiger partial charge in [-0.3, -0.25) is 9.59 Å². The molecular formula is C15H20ClNO4. The molecule has 2 unspecified atom stereocenters. The summed E-state index contributed by atoms with van der Waals surface area (Å²) in [7, 11) is 0. The van der Waals surface area contributed by atoms with Crippen molar-refractivity contribution in [3.8, 4) is 5.75 Å². The van der Waals surface area contributed by atoms with E-state index in [4.69, 9.17) is 21.4 Å². The smallest absolute Gasteiger partial charge is 0.303 e. The predicted octanol–water partition coefficient (Wildman–Crippen LogP) is 2.72. The fourth-order valence-electron chi connectivity index (χ4n) is 1.79. The van der Waals surface area contributed by atoms with Gasteiger partial charge in [-0.2, -0.15) is 0 Å². The van der Waals surface area contributed by atoms with Crippen LogP contribution in [0.4, 0.5) is 0 Å². The third-order valence-corrected chi connectivity index (χ3v) is 3.32. The monoisotopic (exact) mass is 313 g/mol. The summed E-state index contributed by atoms with van der Waals surface area (Å²) < 4.78 is 5.49. The number of nitrogens with one attached hydrogen (secondary N) is 1. The molecule has 6 heteroatoms. The Labute approximate surface area is 129 Å². The van der Waals surface area contributed by atoms with E-state index in [9.17, 15) is 9.59 Å². The van der Waals surface area contributed by atoms with E-state index in [-0.39, 0.29) is 18.2 Å². The third-order valence-electron chi connectivity index (χ3n) is 3.08. The molecule has 116 valence electrons. The number of hydrogen-bond acceptors (Lipinski definition) is 3. The lowest BCUT2D eigenvalue weighted by Gasteiger charge is -2.17. The third kappa shape index (κ3) is 6.49. The number of hydrogen-bond donors (Lipinski definition) is 2. The van der Waals surface area contributed by atoms with Gasteiger partial charge in [-0.1, -0.05) is 31.0 Å². The predicted molar refractivity (Wildman–Crippen MR) is 80.6 cm³/mol. The summed E-state index contributed by atoms with van der Waals surface area (Å²) in [5.41, 5.74) is 0. The molecule has 1 amide bonds. The SMILES string of the molecule is CCC(CNC(=O)C(C)Oc1cccc(Cl)c1)CC(=O)O. The molecule has 0 aliphatic rings. The van der Waals surface area contributed by atoms with Crippen LogP contribution in [0.5, 0.6) is 5.75 Å². The van der Waals surface area contributed by atoms with Crippen molar-refractivity contribution in [2.24, 2.45) is 5.92 Å². The highest BCUT2D eigenvalue weighted by molar-refractivity contribution is 6.30. The van der Waals surface area contributed by atoms with E-state index in [1.807, 2.05) is 6.92 Å². The van der Waals surface area contributed by atoms with E-state index >= 15 is 0 Å². The minimum absolute atomic E-state index is 0.0420. The zero-order chi connectivity index (χ0) is 15.8. The lowest BCUT2D eigenvalue weighted by molar-refractivity contribution is -0.138. The largest absolute Gasteiger partial charge is 0.481 e. The van der Waals surface area contributed by atoms with Crippen LogP contribution in [0.25, 0.3) is 0 Å².